The number of nitrogens with one attached hydrogen (secondary N) is 2. The summed E-state index contributed by atoms with van der Waals surface area (Å²) in [6, 6.07) is 2.88. The maximum Gasteiger partial charge on any atom is 0.411 e. The molecule has 0 aliphatic carbocycles. The molecule has 33 heavy (non-hydrogen) atoms. The summed E-state index contributed by atoms with van der Waals surface area (Å²) in [5, 5.41) is 5.01. The molecule has 2 aliphatic rings. The molecule has 0 aromatic heterocycles. The quantitative estimate of drug-likeness (QED) is 0.582. The van der Waals surface area contributed by atoms with E-state index in [0.29, 0.717) is 10.6 Å². The third-order valence-corrected chi connectivity index (χ3v) is 5.30. The molecule has 0 radical (unpaired) electrons. The van der Waals surface area contributed by atoms with Gasteiger partial charge in [-0.15, -0.1) is 0 Å². The first-order valence-electron chi connectivity index (χ1n) is 12.3. The fourth-order valence-corrected chi connectivity index (χ4v) is 3.94. The Bertz CT molecular complexity index is 1150. The minimum absolute atomic E-state index is 0.0101. The number of nitrogens with zero attached hydrogens (tertiary/aromatic N) is 1. The maximum absolute atomic E-state index is 13.8. The van der Waals surface area contributed by atoms with E-state index in [1.165, 1.54) is 18.2 Å². The molecule has 0 saturated carbocycles. The number of hydrogen-bond donors (Lipinski definition) is 3. The van der Waals surface area contributed by atoms with Crippen molar-refractivity contribution in [1.29, 1.82) is 0 Å². The summed E-state index contributed by atoms with van der Waals surface area (Å²) in [4.78, 5) is 52.4. The van der Waals surface area contributed by atoms with E-state index in [-0.39, 0.29) is 29.5 Å². The molecular formula is C24H32N4O5. The predicted octanol–water partition coefficient (Wildman–Crippen LogP) is 2.42. The van der Waals surface area contributed by atoms with E-state index in [4.69, 9.17) is 14.6 Å². The number of primary amides is 1. The number of carbonyl (C=O) groups is 4. The molecule has 0 unspecified atom stereocenters. The topological polar surface area (TPSA) is 131 Å². The summed E-state index contributed by atoms with van der Waals surface area (Å²) in [7, 11) is 0. The Morgan fingerprint density at radius 2 is 2.12 bits per heavy atom. The van der Waals surface area contributed by atoms with Crippen molar-refractivity contribution >= 4 is 29.5 Å². The lowest BCUT2D eigenvalue weighted by Crippen LogP contribution is -2.45. The lowest BCUT2D eigenvalue weighted by molar-refractivity contribution is -0.134. The van der Waals surface area contributed by atoms with Crippen LogP contribution in [0.2, 0.25) is 0 Å². The molecule has 2 heterocycles. The van der Waals surface area contributed by atoms with Gasteiger partial charge < -0.3 is 20.7 Å². The van der Waals surface area contributed by atoms with E-state index in [9.17, 15) is 19.2 Å². The lowest BCUT2D eigenvalue weighted by Gasteiger charge is -2.25. The van der Waals surface area contributed by atoms with Crippen LogP contribution in [-0.2, 0) is 24.5 Å². The van der Waals surface area contributed by atoms with Gasteiger partial charge in [-0.2, -0.15) is 0 Å². The Morgan fingerprint density at radius 1 is 1.42 bits per heavy atom. The van der Waals surface area contributed by atoms with Gasteiger partial charge in [-0.1, -0.05) is 32.0 Å². The zero-order valence-corrected chi connectivity index (χ0v) is 19.4. The molecule has 1 saturated heterocycles. The van der Waals surface area contributed by atoms with E-state index < -0.39 is 53.8 Å². The number of carbonyl (C=O) groups excluding carboxylic acids is 4. The first-order chi connectivity index (χ1) is 16.5. The zero-order valence-electron chi connectivity index (χ0n) is 22.4. The molecule has 9 nitrogen and oxygen atoms in total. The molecule has 1 fully saturated rings. The van der Waals surface area contributed by atoms with Crippen LogP contribution in [0.1, 0.15) is 57.1 Å². The third kappa shape index (κ3) is 5.02. The van der Waals surface area contributed by atoms with Gasteiger partial charge >= 0.3 is 6.09 Å². The Balaban J connectivity index is 2.08. The monoisotopic (exact) mass is 459 g/mol. The summed E-state index contributed by atoms with van der Waals surface area (Å²) < 4.78 is 31.2. The second-order valence-corrected chi connectivity index (χ2v) is 9.65. The van der Waals surface area contributed by atoms with Crippen LogP contribution in [0.4, 0.5) is 10.5 Å². The number of rotatable bonds is 5. The first-order valence-corrected chi connectivity index (χ1v) is 10.8. The van der Waals surface area contributed by atoms with Crippen molar-refractivity contribution in [3.63, 3.8) is 0 Å². The number of anilines is 1. The summed E-state index contributed by atoms with van der Waals surface area (Å²) in [6.45, 7) is 6.01. The van der Waals surface area contributed by atoms with E-state index in [0.717, 1.165) is 6.20 Å². The van der Waals surface area contributed by atoms with Gasteiger partial charge in [0.1, 0.15) is 11.6 Å². The minimum atomic E-state index is -2.69. The number of benzene rings is 1. The van der Waals surface area contributed by atoms with Gasteiger partial charge in [-0.3, -0.25) is 19.7 Å². The van der Waals surface area contributed by atoms with Crippen LogP contribution in [0.15, 0.2) is 36.0 Å². The number of ether oxygens (including phenoxy) is 1. The Morgan fingerprint density at radius 3 is 2.73 bits per heavy atom. The van der Waals surface area contributed by atoms with Gasteiger partial charge in [0, 0.05) is 24.0 Å². The largest absolute Gasteiger partial charge is 0.444 e. The molecule has 1 aromatic rings. The molecule has 3 rings (SSSR count). The van der Waals surface area contributed by atoms with Crippen LogP contribution >= 0.6 is 0 Å². The van der Waals surface area contributed by atoms with Crippen molar-refractivity contribution in [2.45, 2.75) is 64.5 Å². The van der Waals surface area contributed by atoms with E-state index in [1.54, 1.807) is 20.8 Å². The fourth-order valence-electron chi connectivity index (χ4n) is 3.94. The van der Waals surface area contributed by atoms with Gasteiger partial charge in [-0.05, 0) is 51.2 Å². The van der Waals surface area contributed by atoms with Crippen LogP contribution in [0.3, 0.4) is 0 Å². The minimum Gasteiger partial charge on any atom is -0.444 e. The highest BCUT2D eigenvalue weighted by Gasteiger charge is 2.57. The van der Waals surface area contributed by atoms with Crippen molar-refractivity contribution in [2.24, 2.45) is 11.7 Å². The predicted molar refractivity (Wildman–Crippen MR) is 123 cm³/mol. The second kappa shape index (κ2) is 8.88. The highest BCUT2D eigenvalue weighted by Crippen LogP contribution is 2.46. The number of alkyl carbamates (subject to hydrolysis) is 1. The van der Waals surface area contributed by atoms with Crippen molar-refractivity contribution in [2.75, 3.05) is 11.8 Å². The molecule has 1 spiro atoms. The normalized spacial score (nSPS) is 25.2. The fraction of sp³-hybridized carbons (Fsp3) is 0.500. The Hall–Kier alpha value is -3.36. The van der Waals surface area contributed by atoms with Crippen LogP contribution in [0.5, 0.6) is 0 Å². The van der Waals surface area contributed by atoms with E-state index in [2.05, 4.69) is 10.6 Å². The molecule has 0 bridgehead atoms. The zero-order chi connectivity index (χ0) is 27.2. The molecule has 1 aromatic carbocycles. The Labute approximate surface area is 197 Å². The SMILES string of the molecule is [2H]c1ccc2c(c1)[C@@]1(C[C@@H](C(N)=O)N(C(=O)C(=CNC(=O)OC(C)(C)C)CC(C)C)C1([2H])[2H])C(=O)N2. The first kappa shape index (κ1) is 20.3. The average Bonchev–Trinajstić information content (AvgIpc) is 3.15. The molecular weight excluding hydrogens is 424 g/mol. The number of nitrogens with two attached hydrogens (primary N) is 1. The smallest absolute Gasteiger partial charge is 0.411 e. The van der Waals surface area contributed by atoms with Crippen molar-refractivity contribution in [3.8, 4) is 0 Å². The van der Waals surface area contributed by atoms with Gasteiger partial charge in [0.15, 0.2) is 0 Å². The third-order valence-electron chi connectivity index (χ3n) is 5.30. The average molecular weight is 460 g/mol. The number of fused-ring (bicyclic) bond motifs is 2. The summed E-state index contributed by atoms with van der Waals surface area (Å²) in [6.07, 6.45) is 0.0769. The molecule has 178 valence electrons. The number of likely N-dealkylation sites (tertiary alicyclic amines) is 1. The molecule has 2 atom stereocenters. The summed E-state index contributed by atoms with van der Waals surface area (Å²) in [5.41, 5.74) is 3.38. The van der Waals surface area contributed by atoms with Gasteiger partial charge in [-0.25, -0.2) is 4.79 Å². The van der Waals surface area contributed by atoms with Crippen LogP contribution in [0.25, 0.3) is 0 Å². The van der Waals surface area contributed by atoms with Crippen molar-refractivity contribution in [3.05, 3.63) is 41.6 Å². The number of amides is 4. The second-order valence-electron chi connectivity index (χ2n) is 9.65. The lowest BCUT2D eigenvalue weighted by atomic mass is 9.79. The maximum atomic E-state index is 13.8. The molecule has 9 heteroatoms. The standard InChI is InChI=1S/C24H32N4O5/c1-14(2)10-15(12-26-22(32)33-23(3,4)5)20(30)28-13-24(11-18(28)19(25)29)16-8-6-7-9-17(16)27-21(24)31/h6-9,12,14,18H,10-11,13H2,1-5H3,(H2,25,29)(H,26,32)(H,27,31)/t18-,24-/m0/s1/i6D,13D2. The molecule has 4 N–H and O–H groups in total. The van der Waals surface area contributed by atoms with Gasteiger partial charge in [0.05, 0.1) is 9.53 Å². The summed E-state index contributed by atoms with van der Waals surface area (Å²) >= 11 is 0. The van der Waals surface area contributed by atoms with Crippen molar-refractivity contribution in [1.82, 2.24) is 10.2 Å². The highest BCUT2D eigenvalue weighted by atomic mass is 16.6. The molecule has 4 amide bonds. The van der Waals surface area contributed by atoms with Crippen molar-refractivity contribution < 1.29 is 28.0 Å². The Kier molecular flexibility index (Phi) is 5.45. The van der Waals surface area contributed by atoms with Crippen LogP contribution in [-0.4, -0.2) is 46.9 Å². The molecule has 2 aliphatic heterocycles. The van der Waals surface area contributed by atoms with E-state index >= 15 is 0 Å². The van der Waals surface area contributed by atoms with E-state index in [1.807, 2.05) is 13.8 Å². The van der Waals surface area contributed by atoms with Crippen LogP contribution in [0, 0.1) is 5.92 Å². The number of para-hydroxylation sites is 1. The summed E-state index contributed by atoms with van der Waals surface area (Å²) in [5.74, 6) is -2.66. The number of hydrogen-bond acceptors (Lipinski definition) is 5. The van der Waals surface area contributed by atoms with Gasteiger partial charge in [0.2, 0.25) is 11.8 Å². The van der Waals surface area contributed by atoms with Gasteiger partial charge in [0.25, 0.3) is 5.91 Å². The highest BCUT2D eigenvalue weighted by molar-refractivity contribution is 6.09. The van der Waals surface area contributed by atoms with Crippen LogP contribution < -0.4 is 16.4 Å².